The third kappa shape index (κ3) is 4.77. The second-order valence-electron chi connectivity index (χ2n) is 4.29. The van der Waals surface area contributed by atoms with Crippen LogP contribution in [0.25, 0.3) is 0 Å². The highest BCUT2D eigenvalue weighted by Gasteiger charge is 2.13. The van der Waals surface area contributed by atoms with Gasteiger partial charge in [0.15, 0.2) is 0 Å². The monoisotopic (exact) mass is 286 g/mol. The highest BCUT2D eigenvalue weighted by Crippen LogP contribution is 2.20. The number of hydrogen-bond acceptors (Lipinski definition) is 3. The fraction of sp³-hybridized carbons (Fsp3) is 0.500. The molecular weight excluding hydrogens is 266 g/mol. The standard InChI is InChI=1S/C14H20F2N2O2/c1-3-6-20-7-4-5-18-14(19)10-8-11(15)13(17-2)12(16)9-10/h8-9,17H,3-7H2,1-2H3,(H,18,19). The molecule has 0 saturated heterocycles. The molecule has 0 bridgehead atoms. The molecule has 0 fully saturated rings. The van der Waals surface area contributed by atoms with Crippen molar-refractivity contribution < 1.29 is 18.3 Å². The minimum atomic E-state index is -0.788. The van der Waals surface area contributed by atoms with Crippen LogP contribution in [-0.4, -0.2) is 32.7 Å². The minimum absolute atomic E-state index is 0.0338. The SMILES string of the molecule is CCCOCCCNC(=O)c1cc(F)c(NC)c(F)c1. The van der Waals surface area contributed by atoms with E-state index in [0.717, 1.165) is 18.6 Å². The van der Waals surface area contributed by atoms with E-state index in [9.17, 15) is 13.6 Å². The number of hydrogen-bond donors (Lipinski definition) is 2. The first-order valence-electron chi connectivity index (χ1n) is 6.62. The smallest absolute Gasteiger partial charge is 0.251 e. The lowest BCUT2D eigenvalue weighted by Gasteiger charge is -2.08. The van der Waals surface area contributed by atoms with Crippen LogP contribution in [0.15, 0.2) is 12.1 Å². The molecule has 1 aromatic carbocycles. The van der Waals surface area contributed by atoms with E-state index in [1.54, 1.807) is 0 Å². The summed E-state index contributed by atoms with van der Waals surface area (Å²) < 4.78 is 32.3. The average molecular weight is 286 g/mol. The molecule has 112 valence electrons. The summed E-state index contributed by atoms with van der Waals surface area (Å²) in [6, 6.07) is 2.02. The van der Waals surface area contributed by atoms with Crippen molar-refractivity contribution in [3.8, 4) is 0 Å². The molecule has 0 aliphatic carbocycles. The normalized spacial score (nSPS) is 10.4. The van der Waals surface area contributed by atoms with Gasteiger partial charge in [-0.2, -0.15) is 0 Å². The van der Waals surface area contributed by atoms with Gasteiger partial charge in [0.1, 0.15) is 17.3 Å². The van der Waals surface area contributed by atoms with Crippen molar-refractivity contribution in [2.45, 2.75) is 19.8 Å². The van der Waals surface area contributed by atoms with Crippen molar-refractivity contribution >= 4 is 11.6 Å². The molecule has 0 atom stereocenters. The predicted octanol–water partition coefficient (Wildman–Crippen LogP) is 2.55. The Labute approximate surface area is 117 Å². The number of amides is 1. The summed E-state index contributed by atoms with van der Waals surface area (Å²) in [5.74, 6) is -2.08. The zero-order valence-corrected chi connectivity index (χ0v) is 11.8. The van der Waals surface area contributed by atoms with Gasteiger partial charge in [0, 0.05) is 32.4 Å². The topological polar surface area (TPSA) is 50.4 Å². The van der Waals surface area contributed by atoms with Gasteiger partial charge in [-0.3, -0.25) is 4.79 Å². The molecule has 20 heavy (non-hydrogen) atoms. The molecule has 0 spiro atoms. The summed E-state index contributed by atoms with van der Waals surface area (Å²) in [6.45, 7) is 3.66. The fourth-order valence-electron chi connectivity index (χ4n) is 1.67. The number of ether oxygens (including phenoxy) is 1. The van der Waals surface area contributed by atoms with Crippen LogP contribution in [0.2, 0.25) is 0 Å². The molecule has 1 amide bonds. The van der Waals surface area contributed by atoms with Crippen LogP contribution in [0.5, 0.6) is 0 Å². The zero-order chi connectivity index (χ0) is 15.0. The van der Waals surface area contributed by atoms with Crippen LogP contribution < -0.4 is 10.6 Å². The van der Waals surface area contributed by atoms with E-state index in [1.165, 1.54) is 7.05 Å². The van der Waals surface area contributed by atoms with Gasteiger partial charge < -0.3 is 15.4 Å². The number of carbonyl (C=O) groups excluding carboxylic acids is 1. The predicted molar refractivity (Wildman–Crippen MR) is 74.0 cm³/mol. The molecule has 0 saturated carbocycles. The Kier molecular flexibility index (Phi) is 6.93. The van der Waals surface area contributed by atoms with Crippen molar-refractivity contribution in [3.63, 3.8) is 0 Å². The molecule has 0 aliphatic rings. The van der Waals surface area contributed by atoms with Crippen LogP contribution >= 0.6 is 0 Å². The number of benzene rings is 1. The third-order valence-electron chi connectivity index (χ3n) is 2.65. The Morgan fingerprint density at radius 3 is 2.45 bits per heavy atom. The molecular formula is C14H20F2N2O2. The summed E-state index contributed by atoms with van der Waals surface area (Å²) in [7, 11) is 1.41. The highest BCUT2D eigenvalue weighted by molar-refractivity contribution is 5.94. The van der Waals surface area contributed by atoms with Crippen LogP contribution in [0, 0.1) is 11.6 Å². The van der Waals surface area contributed by atoms with Crippen molar-refractivity contribution in [2.75, 3.05) is 32.1 Å². The average Bonchev–Trinajstić information content (AvgIpc) is 2.42. The second-order valence-corrected chi connectivity index (χ2v) is 4.29. The number of halogens is 2. The summed E-state index contributed by atoms with van der Waals surface area (Å²) in [4.78, 5) is 11.7. The fourth-order valence-corrected chi connectivity index (χ4v) is 1.67. The summed E-state index contributed by atoms with van der Waals surface area (Å²) in [6.07, 6.45) is 1.61. The molecule has 6 heteroatoms. The molecule has 2 N–H and O–H groups in total. The summed E-state index contributed by atoms with van der Waals surface area (Å²) >= 11 is 0. The highest BCUT2D eigenvalue weighted by atomic mass is 19.1. The van der Waals surface area contributed by atoms with Crippen molar-refractivity contribution in [1.82, 2.24) is 5.32 Å². The Bertz CT molecular complexity index is 430. The van der Waals surface area contributed by atoms with Crippen molar-refractivity contribution in [1.29, 1.82) is 0 Å². The summed E-state index contributed by atoms with van der Waals surface area (Å²) in [5, 5.41) is 5.00. The van der Waals surface area contributed by atoms with Gasteiger partial charge in [-0.05, 0) is 25.0 Å². The molecule has 0 unspecified atom stereocenters. The molecule has 0 aliphatic heterocycles. The number of carbonyl (C=O) groups is 1. The summed E-state index contributed by atoms with van der Waals surface area (Å²) in [5.41, 5.74) is -0.275. The maximum absolute atomic E-state index is 13.5. The van der Waals surface area contributed by atoms with E-state index < -0.39 is 17.5 Å². The lowest BCUT2D eigenvalue weighted by atomic mass is 10.1. The van der Waals surface area contributed by atoms with Gasteiger partial charge in [-0.15, -0.1) is 0 Å². The van der Waals surface area contributed by atoms with E-state index in [4.69, 9.17) is 4.74 Å². The van der Waals surface area contributed by atoms with E-state index in [1.807, 2.05) is 6.92 Å². The van der Waals surface area contributed by atoms with Gasteiger partial charge in [0.2, 0.25) is 0 Å². The molecule has 1 aromatic rings. The van der Waals surface area contributed by atoms with E-state index in [-0.39, 0.29) is 11.3 Å². The van der Waals surface area contributed by atoms with Crippen LogP contribution in [-0.2, 0) is 4.74 Å². The van der Waals surface area contributed by atoms with Crippen LogP contribution in [0.1, 0.15) is 30.1 Å². The first-order chi connectivity index (χ1) is 9.60. The van der Waals surface area contributed by atoms with Crippen LogP contribution in [0.3, 0.4) is 0 Å². The Hall–Kier alpha value is -1.69. The van der Waals surface area contributed by atoms with Gasteiger partial charge >= 0.3 is 0 Å². The molecule has 0 heterocycles. The Balaban J connectivity index is 2.48. The van der Waals surface area contributed by atoms with Crippen molar-refractivity contribution in [2.24, 2.45) is 0 Å². The quantitative estimate of drug-likeness (QED) is 0.722. The minimum Gasteiger partial charge on any atom is -0.383 e. The molecule has 4 nitrogen and oxygen atoms in total. The zero-order valence-electron chi connectivity index (χ0n) is 11.8. The van der Waals surface area contributed by atoms with Crippen molar-refractivity contribution in [3.05, 3.63) is 29.3 Å². The Morgan fingerprint density at radius 1 is 1.25 bits per heavy atom. The van der Waals surface area contributed by atoms with Gasteiger partial charge in [-0.1, -0.05) is 6.92 Å². The largest absolute Gasteiger partial charge is 0.383 e. The third-order valence-corrected chi connectivity index (χ3v) is 2.65. The lowest BCUT2D eigenvalue weighted by Crippen LogP contribution is -2.25. The first-order valence-corrected chi connectivity index (χ1v) is 6.62. The van der Waals surface area contributed by atoms with E-state index in [2.05, 4.69) is 10.6 Å². The lowest BCUT2D eigenvalue weighted by molar-refractivity contribution is 0.0940. The number of anilines is 1. The molecule has 0 aromatic heterocycles. The number of nitrogens with one attached hydrogen (secondary N) is 2. The van der Waals surface area contributed by atoms with E-state index in [0.29, 0.717) is 26.2 Å². The first kappa shape index (κ1) is 16.4. The van der Waals surface area contributed by atoms with Gasteiger partial charge in [0.05, 0.1) is 0 Å². The maximum atomic E-state index is 13.5. The van der Waals surface area contributed by atoms with Gasteiger partial charge in [-0.25, -0.2) is 8.78 Å². The van der Waals surface area contributed by atoms with E-state index >= 15 is 0 Å². The van der Waals surface area contributed by atoms with Crippen LogP contribution in [0.4, 0.5) is 14.5 Å². The van der Waals surface area contributed by atoms with Gasteiger partial charge in [0.25, 0.3) is 5.91 Å². The molecule has 0 radical (unpaired) electrons. The second kappa shape index (κ2) is 8.47. The Morgan fingerprint density at radius 2 is 1.90 bits per heavy atom. The maximum Gasteiger partial charge on any atom is 0.251 e. The molecule has 1 rings (SSSR count). The number of rotatable bonds is 8.